The van der Waals surface area contributed by atoms with Gasteiger partial charge in [0.05, 0.1) is 24.4 Å². The fraction of sp³-hybridized carbons (Fsp3) is 0.333. The van der Waals surface area contributed by atoms with Crippen LogP contribution in [0.4, 0.5) is 0 Å². The lowest BCUT2D eigenvalue weighted by Gasteiger charge is -2.22. The van der Waals surface area contributed by atoms with Gasteiger partial charge >= 0.3 is 11.9 Å². The molecule has 0 amide bonds. The number of ether oxygens (including phenoxy) is 4. The highest BCUT2D eigenvalue weighted by Gasteiger charge is 2.16. The molecular formula is C39H44O8. The van der Waals surface area contributed by atoms with Crippen molar-refractivity contribution in [1.82, 2.24) is 0 Å². The molecule has 8 heteroatoms. The SMILES string of the molecule is C=C(CO)C(=O)OCOc1cc(OCOC(=O)C(=C)CO)cc(-c2ccc(-c3ccc(C4=CCC(CCCCC)CC4)cc3)cc2)c1. The number of aliphatic hydroxyl groups excluding tert-OH is 2. The summed E-state index contributed by atoms with van der Waals surface area (Å²) in [4.78, 5) is 23.7. The third-order valence-corrected chi connectivity index (χ3v) is 8.21. The molecule has 4 rings (SSSR count). The Morgan fingerprint density at radius 2 is 1.21 bits per heavy atom. The summed E-state index contributed by atoms with van der Waals surface area (Å²) in [5, 5.41) is 18.1. The summed E-state index contributed by atoms with van der Waals surface area (Å²) < 4.78 is 21.3. The van der Waals surface area contributed by atoms with E-state index in [0.717, 1.165) is 34.6 Å². The first-order chi connectivity index (χ1) is 22.8. The standard InChI is InChI=1S/C39H44O8/c1-4-5-6-7-29-8-10-30(11-9-29)31-12-14-32(15-13-31)33-16-18-34(19-17-33)35-20-36(44-25-46-38(42)27(2)23-40)22-37(21-35)45-26-47-39(43)28(3)24-41/h10,12-22,29,40-41H,2-9,11,23-26H2,1H3. The Morgan fingerprint density at radius 3 is 1.66 bits per heavy atom. The minimum Gasteiger partial charge on any atom is -0.457 e. The molecule has 0 radical (unpaired) electrons. The fourth-order valence-corrected chi connectivity index (χ4v) is 5.37. The van der Waals surface area contributed by atoms with Crippen molar-refractivity contribution >= 4 is 17.5 Å². The summed E-state index contributed by atoms with van der Waals surface area (Å²) in [6, 6.07) is 21.9. The van der Waals surface area contributed by atoms with E-state index in [9.17, 15) is 9.59 Å². The van der Waals surface area contributed by atoms with Gasteiger partial charge in [-0.2, -0.15) is 0 Å². The molecule has 1 unspecified atom stereocenters. The molecule has 248 valence electrons. The lowest BCUT2D eigenvalue weighted by Crippen LogP contribution is -2.14. The topological polar surface area (TPSA) is 112 Å². The maximum Gasteiger partial charge on any atom is 0.338 e. The lowest BCUT2D eigenvalue weighted by atomic mass is 9.83. The van der Waals surface area contributed by atoms with Crippen molar-refractivity contribution in [3.05, 3.63) is 103 Å². The summed E-state index contributed by atoms with van der Waals surface area (Å²) in [5.41, 5.74) is 6.36. The number of carbonyl (C=O) groups excluding carboxylic acids is 2. The van der Waals surface area contributed by atoms with Gasteiger partial charge in [-0.1, -0.05) is 100 Å². The Labute approximate surface area is 277 Å². The number of unbranched alkanes of at least 4 members (excludes halogenated alkanes) is 2. The molecule has 1 atom stereocenters. The van der Waals surface area contributed by atoms with Crippen LogP contribution in [0.1, 0.15) is 57.4 Å². The van der Waals surface area contributed by atoms with Gasteiger partial charge in [0, 0.05) is 6.07 Å². The zero-order chi connectivity index (χ0) is 33.6. The van der Waals surface area contributed by atoms with Crippen molar-refractivity contribution in [2.24, 2.45) is 5.92 Å². The minimum absolute atomic E-state index is 0.0928. The zero-order valence-corrected chi connectivity index (χ0v) is 27.0. The molecule has 1 aliphatic rings. The fourth-order valence-electron chi connectivity index (χ4n) is 5.37. The van der Waals surface area contributed by atoms with Gasteiger partial charge in [-0.25, -0.2) is 9.59 Å². The molecule has 0 saturated carbocycles. The van der Waals surface area contributed by atoms with Crippen molar-refractivity contribution in [3.63, 3.8) is 0 Å². The number of allylic oxidation sites excluding steroid dienone is 2. The first-order valence-corrected chi connectivity index (χ1v) is 16.0. The van der Waals surface area contributed by atoms with Crippen LogP contribution in [-0.4, -0.2) is 49.0 Å². The number of benzene rings is 3. The lowest BCUT2D eigenvalue weighted by molar-refractivity contribution is -0.146. The van der Waals surface area contributed by atoms with E-state index >= 15 is 0 Å². The Morgan fingerprint density at radius 1 is 0.723 bits per heavy atom. The average Bonchev–Trinajstić information content (AvgIpc) is 3.11. The highest BCUT2D eigenvalue weighted by molar-refractivity contribution is 5.88. The van der Waals surface area contributed by atoms with Gasteiger partial charge in [-0.15, -0.1) is 0 Å². The van der Waals surface area contributed by atoms with Crippen molar-refractivity contribution in [2.75, 3.05) is 26.8 Å². The van der Waals surface area contributed by atoms with Gasteiger partial charge < -0.3 is 29.2 Å². The van der Waals surface area contributed by atoms with Crippen LogP contribution in [0.2, 0.25) is 0 Å². The summed E-state index contributed by atoms with van der Waals surface area (Å²) in [5.74, 6) is -0.0731. The van der Waals surface area contributed by atoms with Crippen LogP contribution in [0, 0.1) is 5.92 Å². The Hall–Kier alpha value is -4.66. The highest BCUT2D eigenvalue weighted by atomic mass is 16.7. The quantitative estimate of drug-likeness (QED) is 0.0670. The second-order valence-electron chi connectivity index (χ2n) is 11.6. The number of hydrogen-bond acceptors (Lipinski definition) is 8. The minimum atomic E-state index is -0.776. The van der Waals surface area contributed by atoms with Gasteiger partial charge in [-0.05, 0) is 70.7 Å². The van der Waals surface area contributed by atoms with Gasteiger partial charge in [0.2, 0.25) is 13.6 Å². The van der Waals surface area contributed by atoms with Gasteiger partial charge in [-0.3, -0.25) is 0 Å². The Kier molecular flexibility index (Phi) is 13.4. The maximum absolute atomic E-state index is 11.8. The van der Waals surface area contributed by atoms with Crippen LogP contribution in [0.5, 0.6) is 11.5 Å². The van der Waals surface area contributed by atoms with E-state index in [1.807, 2.05) is 24.3 Å². The normalized spacial score (nSPS) is 14.1. The van der Waals surface area contributed by atoms with E-state index < -0.39 is 38.7 Å². The predicted molar refractivity (Wildman–Crippen MR) is 182 cm³/mol. The smallest absolute Gasteiger partial charge is 0.338 e. The van der Waals surface area contributed by atoms with E-state index in [1.54, 1.807) is 18.2 Å². The first-order valence-electron chi connectivity index (χ1n) is 16.0. The van der Waals surface area contributed by atoms with Gasteiger partial charge in [0.25, 0.3) is 0 Å². The molecular weight excluding hydrogens is 596 g/mol. The number of esters is 2. The number of rotatable bonds is 17. The number of aliphatic hydroxyl groups is 2. The summed E-state index contributed by atoms with van der Waals surface area (Å²) in [7, 11) is 0. The molecule has 1 aliphatic carbocycles. The van der Waals surface area contributed by atoms with Crippen LogP contribution in [-0.2, 0) is 19.1 Å². The third kappa shape index (κ3) is 10.4. The van der Waals surface area contributed by atoms with Gasteiger partial charge in [0.1, 0.15) is 11.5 Å². The van der Waals surface area contributed by atoms with E-state index in [-0.39, 0.29) is 11.1 Å². The molecule has 47 heavy (non-hydrogen) atoms. The van der Waals surface area contributed by atoms with Gasteiger partial charge in [0.15, 0.2) is 0 Å². The molecule has 0 aromatic heterocycles. The van der Waals surface area contributed by atoms with Crippen LogP contribution >= 0.6 is 0 Å². The molecule has 0 spiro atoms. The van der Waals surface area contributed by atoms with E-state index in [1.165, 1.54) is 49.7 Å². The summed E-state index contributed by atoms with van der Waals surface area (Å²) >= 11 is 0. The third-order valence-electron chi connectivity index (χ3n) is 8.21. The van der Waals surface area contributed by atoms with Crippen molar-refractivity contribution in [3.8, 4) is 33.8 Å². The van der Waals surface area contributed by atoms with E-state index in [0.29, 0.717) is 11.5 Å². The highest BCUT2D eigenvalue weighted by Crippen LogP contribution is 2.35. The van der Waals surface area contributed by atoms with E-state index in [4.69, 9.17) is 29.2 Å². The molecule has 2 N–H and O–H groups in total. The molecule has 3 aromatic rings. The Balaban J connectivity index is 1.45. The molecule has 0 bridgehead atoms. The van der Waals surface area contributed by atoms with Crippen molar-refractivity contribution < 1.29 is 38.7 Å². The predicted octanol–water partition coefficient (Wildman–Crippen LogP) is 7.64. The number of hydrogen-bond donors (Lipinski definition) is 2. The molecule has 0 aliphatic heterocycles. The zero-order valence-electron chi connectivity index (χ0n) is 27.0. The van der Waals surface area contributed by atoms with E-state index in [2.05, 4.69) is 50.4 Å². The summed E-state index contributed by atoms with van der Waals surface area (Å²) in [6.07, 6.45) is 11.3. The number of carbonyl (C=O) groups is 2. The molecule has 8 nitrogen and oxygen atoms in total. The van der Waals surface area contributed by atoms with Crippen LogP contribution in [0.25, 0.3) is 27.8 Å². The summed E-state index contributed by atoms with van der Waals surface area (Å²) in [6.45, 7) is 7.24. The average molecular weight is 641 g/mol. The van der Waals surface area contributed by atoms with Crippen LogP contribution in [0.15, 0.2) is 97.1 Å². The second-order valence-corrected chi connectivity index (χ2v) is 11.6. The molecule has 3 aromatic carbocycles. The van der Waals surface area contributed by atoms with Crippen LogP contribution in [0.3, 0.4) is 0 Å². The largest absolute Gasteiger partial charge is 0.457 e. The molecule has 0 heterocycles. The second kappa shape index (κ2) is 17.9. The Bertz CT molecular complexity index is 1500. The molecule has 0 fully saturated rings. The maximum atomic E-state index is 11.8. The first kappa shape index (κ1) is 35.2. The van der Waals surface area contributed by atoms with Crippen molar-refractivity contribution in [2.45, 2.75) is 51.9 Å². The monoisotopic (exact) mass is 640 g/mol. The van der Waals surface area contributed by atoms with Crippen molar-refractivity contribution in [1.29, 1.82) is 0 Å². The van der Waals surface area contributed by atoms with Crippen LogP contribution < -0.4 is 9.47 Å². The molecule has 0 saturated heterocycles.